The highest BCUT2D eigenvalue weighted by Gasteiger charge is 2.34. The van der Waals surface area contributed by atoms with E-state index >= 15 is 0 Å². The minimum absolute atomic E-state index is 0.224. The molecule has 1 amide bonds. The molecule has 100 valence electrons. The first-order valence-electron chi connectivity index (χ1n) is 6.91. The summed E-state index contributed by atoms with van der Waals surface area (Å²) in [6.45, 7) is 0. The average molecular weight is 257 g/mol. The Morgan fingerprint density at radius 1 is 1.21 bits per heavy atom. The second-order valence-corrected chi connectivity index (χ2v) is 5.22. The Bertz CT molecular complexity index is 492. The van der Waals surface area contributed by atoms with Crippen LogP contribution < -0.4 is 4.74 Å². The maximum Gasteiger partial charge on any atom is 0.227 e. The van der Waals surface area contributed by atoms with Gasteiger partial charge in [-0.2, -0.15) is 0 Å². The zero-order chi connectivity index (χ0) is 13.2. The van der Waals surface area contributed by atoms with Crippen LogP contribution in [-0.2, 0) is 4.79 Å². The molecule has 2 aliphatic heterocycles. The lowest BCUT2D eigenvalue weighted by Crippen LogP contribution is -2.46. The van der Waals surface area contributed by atoms with Crippen LogP contribution in [0.5, 0.6) is 5.75 Å². The number of benzene rings is 1. The van der Waals surface area contributed by atoms with Gasteiger partial charge in [-0.05, 0) is 37.0 Å². The van der Waals surface area contributed by atoms with Gasteiger partial charge in [0.05, 0.1) is 19.2 Å². The van der Waals surface area contributed by atoms with Crippen molar-refractivity contribution in [2.75, 3.05) is 7.11 Å². The zero-order valence-corrected chi connectivity index (χ0v) is 11.2. The molecule has 0 aliphatic carbocycles. The number of rotatable bonds is 2. The molecular formula is C16H19NO2. The molecule has 0 bridgehead atoms. The molecule has 1 saturated heterocycles. The largest absolute Gasteiger partial charge is 0.497 e. The number of piperidine rings is 1. The highest BCUT2D eigenvalue weighted by molar-refractivity contribution is 5.80. The molecular weight excluding hydrogens is 238 g/mol. The first-order valence-corrected chi connectivity index (χ1v) is 6.91. The average Bonchev–Trinajstić information content (AvgIpc) is 2.47. The maximum absolute atomic E-state index is 12.2. The lowest BCUT2D eigenvalue weighted by Gasteiger charge is -2.43. The quantitative estimate of drug-likeness (QED) is 0.762. The SMILES string of the molecule is COc1ccc([C@H]2CCC[C@H]3C=CCC(=O)N32)cc1. The molecule has 3 nitrogen and oxygen atoms in total. The summed E-state index contributed by atoms with van der Waals surface area (Å²) in [6, 6.07) is 8.63. The van der Waals surface area contributed by atoms with Crippen LogP contribution in [0, 0.1) is 0 Å². The molecule has 3 heteroatoms. The van der Waals surface area contributed by atoms with Crippen molar-refractivity contribution in [3.8, 4) is 5.75 Å². The van der Waals surface area contributed by atoms with Crippen molar-refractivity contribution in [2.45, 2.75) is 37.8 Å². The van der Waals surface area contributed by atoms with E-state index in [2.05, 4.69) is 23.1 Å². The third-order valence-corrected chi connectivity index (χ3v) is 4.11. The van der Waals surface area contributed by atoms with E-state index in [-0.39, 0.29) is 11.9 Å². The van der Waals surface area contributed by atoms with Gasteiger partial charge in [0.1, 0.15) is 5.75 Å². The number of hydrogen-bond acceptors (Lipinski definition) is 2. The van der Waals surface area contributed by atoms with Crippen molar-refractivity contribution >= 4 is 5.91 Å². The van der Waals surface area contributed by atoms with Gasteiger partial charge >= 0.3 is 0 Å². The standard InChI is InChI=1S/C16H19NO2/c1-19-14-10-8-12(9-11-14)15-6-2-4-13-5-3-7-16(18)17(13)15/h3,5,8-11,13,15H,2,4,6-7H2,1H3/t13-,15+/m0/s1. The lowest BCUT2D eigenvalue weighted by atomic mass is 9.88. The normalized spacial score (nSPS) is 26.2. The Hall–Kier alpha value is -1.77. The van der Waals surface area contributed by atoms with Crippen LogP contribution >= 0.6 is 0 Å². The van der Waals surface area contributed by atoms with Crippen LogP contribution in [0.4, 0.5) is 0 Å². The van der Waals surface area contributed by atoms with Crippen LogP contribution in [0.15, 0.2) is 36.4 Å². The lowest BCUT2D eigenvalue weighted by molar-refractivity contribution is -0.137. The minimum atomic E-state index is 0.224. The van der Waals surface area contributed by atoms with E-state index in [1.807, 2.05) is 18.2 Å². The fraction of sp³-hybridized carbons (Fsp3) is 0.438. The highest BCUT2D eigenvalue weighted by Crippen LogP contribution is 2.37. The third-order valence-electron chi connectivity index (χ3n) is 4.11. The van der Waals surface area contributed by atoms with Crippen molar-refractivity contribution in [3.05, 3.63) is 42.0 Å². The molecule has 2 atom stereocenters. The molecule has 0 aromatic heterocycles. The summed E-state index contributed by atoms with van der Waals surface area (Å²) in [5, 5.41) is 0. The molecule has 0 spiro atoms. The Morgan fingerprint density at radius 3 is 2.74 bits per heavy atom. The monoisotopic (exact) mass is 257 g/mol. The number of ether oxygens (including phenoxy) is 1. The van der Waals surface area contributed by atoms with E-state index in [9.17, 15) is 4.79 Å². The first kappa shape index (κ1) is 12.3. The van der Waals surface area contributed by atoms with E-state index in [0.29, 0.717) is 12.5 Å². The molecule has 19 heavy (non-hydrogen) atoms. The molecule has 3 rings (SSSR count). The Balaban J connectivity index is 1.89. The third kappa shape index (κ3) is 2.25. The number of fused-ring (bicyclic) bond motifs is 1. The van der Waals surface area contributed by atoms with Crippen LogP contribution in [0.25, 0.3) is 0 Å². The van der Waals surface area contributed by atoms with Gasteiger partial charge in [-0.15, -0.1) is 0 Å². The van der Waals surface area contributed by atoms with Crippen molar-refractivity contribution in [2.24, 2.45) is 0 Å². The van der Waals surface area contributed by atoms with Gasteiger partial charge < -0.3 is 9.64 Å². The Kier molecular flexibility index (Phi) is 3.28. The van der Waals surface area contributed by atoms with Gasteiger partial charge in [-0.3, -0.25) is 4.79 Å². The molecule has 0 saturated carbocycles. The van der Waals surface area contributed by atoms with E-state index in [1.54, 1.807) is 7.11 Å². The maximum atomic E-state index is 12.2. The summed E-state index contributed by atoms with van der Waals surface area (Å²) in [5.74, 6) is 1.12. The predicted octanol–water partition coefficient (Wildman–Crippen LogP) is 3.08. The Labute approximate surface area is 113 Å². The molecule has 1 aromatic carbocycles. The molecule has 1 fully saturated rings. The molecule has 2 aliphatic rings. The molecule has 1 aromatic rings. The zero-order valence-electron chi connectivity index (χ0n) is 11.2. The smallest absolute Gasteiger partial charge is 0.227 e. The van der Waals surface area contributed by atoms with E-state index < -0.39 is 0 Å². The van der Waals surface area contributed by atoms with Gasteiger partial charge in [0.2, 0.25) is 5.91 Å². The van der Waals surface area contributed by atoms with Crippen molar-refractivity contribution in [1.82, 2.24) is 4.90 Å². The van der Waals surface area contributed by atoms with Gasteiger partial charge in [0, 0.05) is 6.42 Å². The summed E-state index contributed by atoms with van der Waals surface area (Å²) in [4.78, 5) is 14.3. The van der Waals surface area contributed by atoms with Crippen LogP contribution in [0.3, 0.4) is 0 Å². The van der Waals surface area contributed by atoms with Crippen molar-refractivity contribution in [3.63, 3.8) is 0 Å². The van der Waals surface area contributed by atoms with Gasteiger partial charge in [0.25, 0.3) is 0 Å². The van der Waals surface area contributed by atoms with E-state index in [1.165, 1.54) is 12.0 Å². The molecule has 0 radical (unpaired) electrons. The fourth-order valence-corrected chi connectivity index (χ4v) is 3.16. The van der Waals surface area contributed by atoms with Gasteiger partial charge in [-0.1, -0.05) is 24.3 Å². The summed E-state index contributed by atoms with van der Waals surface area (Å²) < 4.78 is 5.19. The summed E-state index contributed by atoms with van der Waals surface area (Å²) in [7, 11) is 1.67. The Morgan fingerprint density at radius 2 is 2.00 bits per heavy atom. The summed E-state index contributed by atoms with van der Waals surface area (Å²) >= 11 is 0. The van der Waals surface area contributed by atoms with Crippen molar-refractivity contribution in [1.29, 1.82) is 0 Å². The van der Waals surface area contributed by atoms with E-state index in [0.717, 1.165) is 18.6 Å². The number of amides is 1. The molecule has 2 heterocycles. The molecule has 0 N–H and O–H groups in total. The highest BCUT2D eigenvalue weighted by atomic mass is 16.5. The number of hydrogen-bond donors (Lipinski definition) is 0. The minimum Gasteiger partial charge on any atom is -0.497 e. The van der Waals surface area contributed by atoms with Crippen LogP contribution in [-0.4, -0.2) is 24.0 Å². The summed E-state index contributed by atoms with van der Waals surface area (Å²) in [5.41, 5.74) is 1.22. The van der Waals surface area contributed by atoms with Gasteiger partial charge in [0.15, 0.2) is 0 Å². The second kappa shape index (κ2) is 5.08. The number of nitrogens with zero attached hydrogens (tertiary/aromatic N) is 1. The second-order valence-electron chi connectivity index (χ2n) is 5.22. The topological polar surface area (TPSA) is 29.5 Å². The number of methoxy groups -OCH3 is 1. The predicted molar refractivity (Wildman–Crippen MR) is 74.0 cm³/mol. The van der Waals surface area contributed by atoms with E-state index in [4.69, 9.17) is 4.74 Å². The first-order chi connectivity index (χ1) is 9.29. The fourth-order valence-electron chi connectivity index (χ4n) is 3.16. The van der Waals surface area contributed by atoms with Crippen LogP contribution in [0.2, 0.25) is 0 Å². The molecule has 0 unspecified atom stereocenters. The van der Waals surface area contributed by atoms with Crippen molar-refractivity contribution < 1.29 is 9.53 Å². The number of carbonyl (C=O) groups is 1. The number of carbonyl (C=O) groups excluding carboxylic acids is 1. The van der Waals surface area contributed by atoms with Gasteiger partial charge in [-0.25, -0.2) is 0 Å². The summed E-state index contributed by atoms with van der Waals surface area (Å²) in [6.07, 6.45) is 8.08. The van der Waals surface area contributed by atoms with Crippen LogP contribution in [0.1, 0.15) is 37.3 Å².